The van der Waals surface area contributed by atoms with Crippen molar-refractivity contribution in [2.24, 2.45) is 28.7 Å². The summed E-state index contributed by atoms with van der Waals surface area (Å²) in [5, 5.41) is 0. The van der Waals surface area contributed by atoms with Gasteiger partial charge < -0.3 is 28.7 Å². The Morgan fingerprint density at radius 2 is 0.958 bits per heavy atom. The van der Waals surface area contributed by atoms with Crippen molar-refractivity contribution in [3.8, 4) is 0 Å². The zero-order valence-electron chi connectivity index (χ0n) is 16.1. The summed E-state index contributed by atoms with van der Waals surface area (Å²) in [4.78, 5) is 10.4. The van der Waals surface area contributed by atoms with Gasteiger partial charge in [-0.1, -0.05) is 58.3 Å². The van der Waals surface area contributed by atoms with E-state index in [1.807, 2.05) is 0 Å². The van der Waals surface area contributed by atoms with Crippen LogP contribution in [0.1, 0.15) is 71.1 Å². The molecule has 0 spiro atoms. The molecule has 0 heterocycles. The molecule has 0 fully saturated rings. The third kappa shape index (κ3) is 58.3. The summed E-state index contributed by atoms with van der Waals surface area (Å²) in [5.74, 6) is -0.159. The summed E-state index contributed by atoms with van der Waals surface area (Å²) in [6, 6.07) is 0. The fourth-order valence-corrected chi connectivity index (χ4v) is 1.61. The molecule has 0 aromatic rings. The minimum absolute atomic E-state index is 0.159. The van der Waals surface area contributed by atoms with E-state index >= 15 is 0 Å². The van der Waals surface area contributed by atoms with Gasteiger partial charge in [0.25, 0.3) is 0 Å². The smallest absolute Gasteiger partial charge is 0.217 e. The number of rotatable bonds is 12. The molecule has 0 bridgehead atoms. The maximum absolute atomic E-state index is 10.4. The molecule has 0 radical (unpaired) electrons. The SMILES string of the molecule is C=C.CCCCCCCCCCCC(N)=O.NCCN.NCCN. The Labute approximate surface area is 150 Å². The fourth-order valence-electron chi connectivity index (χ4n) is 1.61. The van der Waals surface area contributed by atoms with Crippen molar-refractivity contribution in [1.82, 2.24) is 0 Å². The van der Waals surface area contributed by atoms with Crippen LogP contribution in [-0.4, -0.2) is 32.1 Å². The van der Waals surface area contributed by atoms with Gasteiger partial charge in [0.2, 0.25) is 5.91 Å². The minimum atomic E-state index is -0.159. The summed E-state index contributed by atoms with van der Waals surface area (Å²) < 4.78 is 0. The van der Waals surface area contributed by atoms with E-state index in [-0.39, 0.29) is 5.91 Å². The molecule has 6 nitrogen and oxygen atoms in total. The molecule has 6 heteroatoms. The summed E-state index contributed by atoms with van der Waals surface area (Å²) in [5.41, 5.74) is 24.7. The van der Waals surface area contributed by atoms with E-state index in [0.717, 1.165) is 12.8 Å². The summed E-state index contributed by atoms with van der Waals surface area (Å²) in [7, 11) is 0. The topological polar surface area (TPSA) is 147 Å². The van der Waals surface area contributed by atoms with Crippen LogP contribution >= 0.6 is 0 Å². The van der Waals surface area contributed by atoms with Crippen LogP contribution in [0.2, 0.25) is 0 Å². The Morgan fingerprint density at radius 3 is 1.21 bits per heavy atom. The van der Waals surface area contributed by atoms with E-state index in [1.165, 1.54) is 44.9 Å². The number of amides is 1. The van der Waals surface area contributed by atoms with Crippen molar-refractivity contribution in [2.45, 2.75) is 71.1 Å². The van der Waals surface area contributed by atoms with Crippen molar-refractivity contribution in [3.05, 3.63) is 13.2 Å². The minimum Gasteiger partial charge on any atom is -0.370 e. The molecule has 0 aromatic heterocycles. The van der Waals surface area contributed by atoms with Gasteiger partial charge in [0.1, 0.15) is 0 Å². The van der Waals surface area contributed by atoms with Crippen molar-refractivity contribution in [1.29, 1.82) is 0 Å². The van der Waals surface area contributed by atoms with Crippen LogP contribution in [0.15, 0.2) is 13.2 Å². The molecule has 0 aromatic carbocycles. The van der Waals surface area contributed by atoms with Gasteiger partial charge in [0.05, 0.1) is 0 Å². The van der Waals surface area contributed by atoms with E-state index in [9.17, 15) is 4.79 Å². The maximum atomic E-state index is 10.4. The molecule has 0 aliphatic heterocycles. The number of hydrogen-bond donors (Lipinski definition) is 5. The molecule has 0 saturated carbocycles. The molecule has 1 amide bonds. The molecule has 10 N–H and O–H groups in total. The van der Waals surface area contributed by atoms with Crippen LogP contribution in [0.4, 0.5) is 0 Å². The average molecular weight is 348 g/mol. The van der Waals surface area contributed by atoms with E-state index in [2.05, 4.69) is 20.1 Å². The van der Waals surface area contributed by atoms with Crippen LogP contribution in [0.3, 0.4) is 0 Å². The molecule has 0 aliphatic rings. The zero-order chi connectivity index (χ0) is 19.5. The van der Waals surface area contributed by atoms with Crippen molar-refractivity contribution < 1.29 is 4.79 Å². The second kappa shape index (κ2) is 37.9. The number of nitrogens with two attached hydrogens (primary N) is 5. The Bertz CT molecular complexity index is 196. The first-order valence-corrected chi connectivity index (χ1v) is 9.19. The van der Waals surface area contributed by atoms with Crippen molar-refractivity contribution in [2.75, 3.05) is 26.2 Å². The molecular weight excluding hydrogens is 302 g/mol. The lowest BCUT2D eigenvalue weighted by Crippen LogP contribution is -2.11. The van der Waals surface area contributed by atoms with Gasteiger partial charge in [0.15, 0.2) is 0 Å². The highest BCUT2D eigenvalue weighted by atomic mass is 16.1. The van der Waals surface area contributed by atoms with Crippen LogP contribution in [0, 0.1) is 0 Å². The molecule has 148 valence electrons. The highest BCUT2D eigenvalue weighted by Crippen LogP contribution is 2.10. The van der Waals surface area contributed by atoms with Crippen molar-refractivity contribution in [3.63, 3.8) is 0 Å². The lowest BCUT2D eigenvalue weighted by molar-refractivity contribution is -0.118. The normalized spacial score (nSPS) is 8.71. The standard InChI is InChI=1S/C12H25NO.2C2H8N2.C2H4/c1-2-3-4-5-6-7-8-9-10-11-12(13)14;2*3-1-2-4;1-2/h2-11H2,1H3,(H2,13,14);2*1-4H2;1-2H2. The molecule has 24 heavy (non-hydrogen) atoms. The van der Waals surface area contributed by atoms with Gasteiger partial charge in [-0.25, -0.2) is 0 Å². The molecule has 0 unspecified atom stereocenters. The summed E-state index contributed by atoms with van der Waals surface area (Å²) in [6.45, 7) is 10.6. The van der Waals surface area contributed by atoms with Crippen LogP contribution < -0.4 is 28.7 Å². The first-order valence-electron chi connectivity index (χ1n) is 9.19. The summed E-state index contributed by atoms with van der Waals surface area (Å²) >= 11 is 0. The highest BCUT2D eigenvalue weighted by Gasteiger charge is 1.94. The van der Waals surface area contributed by atoms with Gasteiger partial charge in [-0.3, -0.25) is 4.79 Å². The number of carbonyl (C=O) groups is 1. The van der Waals surface area contributed by atoms with E-state index in [1.54, 1.807) is 0 Å². The fraction of sp³-hybridized carbons (Fsp3) is 0.833. The quantitative estimate of drug-likeness (QED) is 0.270. The van der Waals surface area contributed by atoms with Crippen molar-refractivity contribution >= 4 is 5.91 Å². The number of primary amides is 1. The van der Waals surface area contributed by atoms with Gasteiger partial charge in [-0.15, -0.1) is 13.2 Å². The monoisotopic (exact) mass is 347 g/mol. The lowest BCUT2D eigenvalue weighted by atomic mass is 10.1. The third-order valence-electron chi connectivity index (χ3n) is 2.86. The van der Waals surface area contributed by atoms with Gasteiger partial charge in [0, 0.05) is 32.6 Å². The molecule has 0 atom stereocenters. The number of carbonyl (C=O) groups excluding carboxylic acids is 1. The molecular formula is C18H45N5O. The number of hydrogen-bond acceptors (Lipinski definition) is 5. The Hall–Kier alpha value is -0.950. The molecule has 0 saturated heterocycles. The zero-order valence-corrected chi connectivity index (χ0v) is 16.1. The summed E-state index contributed by atoms with van der Waals surface area (Å²) in [6.07, 6.45) is 12.1. The van der Waals surface area contributed by atoms with E-state index < -0.39 is 0 Å². The van der Waals surface area contributed by atoms with Gasteiger partial charge >= 0.3 is 0 Å². The molecule has 0 aliphatic carbocycles. The first-order chi connectivity index (χ1) is 11.6. The third-order valence-corrected chi connectivity index (χ3v) is 2.86. The van der Waals surface area contributed by atoms with Crippen LogP contribution in [0.5, 0.6) is 0 Å². The predicted octanol–water partition coefficient (Wildman–Crippen LogP) is 2.00. The number of unbranched alkanes of at least 4 members (excludes halogenated alkanes) is 8. The second-order valence-electron chi connectivity index (χ2n) is 5.20. The lowest BCUT2D eigenvalue weighted by Gasteiger charge is -2.00. The van der Waals surface area contributed by atoms with Crippen LogP contribution in [0.25, 0.3) is 0 Å². The second-order valence-corrected chi connectivity index (χ2v) is 5.20. The van der Waals surface area contributed by atoms with Gasteiger partial charge in [-0.2, -0.15) is 0 Å². The highest BCUT2D eigenvalue weighted by molar-refractivity contribution is 5.73. The predicted molar refractivity (Wildman–Crippen MR) is 109 cm³/mol. The maximum Gasteiger partial charge on any atom is 0.217 e. The van der Waals surface area contributed by atoms with Crippen LogP contribution in [-0.2, 0) is 4.79 Å². The van der Waals surface area contributed by atoms with Gasteiger partial charge in [-0.05, 0) is 6.42 Å². The van der Waals surface area contributed by atoms with E-state index in [0.29, 0.717) is 32.6 Å². The van der Waals surface area contributed by atoms with E-state index in [4.69, 9.17) is 28.7 Å². The Morgan fingerprint density at radius 1 is 0.667 bits per heavy atom. The Kier molecular flexibility index (Phi) is 48.8. The largest absolute Gasteiger partial charge is 0.370 e. The Balaban J connectivity index is -0.000000165. The average Bonchev–Trinajstić information content (AvgIpc) is 2.62. The molecule has 0 rings (SSSR count). The first kappa shape index (κ1) is 30.9.